The molecular weight excluding hydrogens is 804 g/mol. The van der Waals surface area contributed by atoms with Gasteiger partial charge in [0, 0.05) is 32.7 Å². The molecular formula is C27H15ClN8Na4O11S2. The molecule has 5 rings (SSSR count). The van der Waals surface area contributed by atoms with Gasteiger partial charge >= 0.3 is 129 Å². The van der Waals surface area contributed by atoms with Crippen LogP contribution in [0.25, 0.3) is 10.8 Å². The molecule has 252 valence electrons. The molecule has 0 bridgehead atoms. The number of aromatic nitrogens is 3. The molecule has 19 nitrogen and oxygen atoms in total. The first-order chi connectivity index (χ1) is 23.0. The molecule has 0 aliphatic heterocycles. The van der Waals surface area contributed by atoms with Gasteiger partial charge in [-0.2, -0.15) is 37.3 Å². The van der Waals surface area contributed by atoms with Crippen molar-refractivity contribution < 1.29 is 169 Å². The largest absolute Gasteiger partial charge is 1.00 e. The zero-order valence-corrected chi connectivity index (χ0v) is 38.2. The zero-order valence-electron chi connectivity index (χ0n) is 27.8. The summed E-state index contributed by atoms with van der Waals surface area (Å²) in [6.45, 7) is 0. The number of hydrogen-bond acceptors (Lipinski definition) is 19. The Morgan fingerprint density at radius 2 is 1.38 bits per heavy atom. The van der Waals surface area contributed by atoms with Gasteiger partial charge < -0.3 is 45.8 Å². The molecule has 5 N–H and O–H groups in total. The number of halogens is 1. The number of carbonyl (C=O) groups excluding carboxylic acids is 2. The van der Waals surface area contributed by atoms with E-state index in [1.165, 1.54) is 6.07 Å². The van der Waals surface area contributed by atoms with Crippen molar-refractivity contribution in [3.05, 3.63) is 82.9 Å². The predicted molar refractivity (Wildman–Crippen MR) is 164 cm³/mol. The van der Waals surface area contributed by atoms with E-state index in [1.54, 1.807) is 24.3 Å². The number of carboxylic acids is 2. The SMILES string of the molecule is Nc1nc(Nc2cc(C(=O)[O-])cc(C(=O)[O-])c2)nc(Nc2cc(S(=O)(=O)[O-])cc3c[c-]c(N=Nc4ccc(Cl)cc4)c(O)c23)n1.O=S(=O)=O.[Na+].[Na+].[Na+].[Na+]. The van der Waals surface area contributed by atoms with Crippen molar-refractivity contribution in [3.8, 4) is 5.75 Å². The number of carbonyl (C=O) groups is 2. The molecule has 0 atom stereocenters. The second-order valence-electron chi connectivity index (χ2n) is 9.22. The van der Waals surface area contributed by atoms with Crippen molar-refractivity contribution in [1.82, 2.24) is 15.0 Å². The molecule has 0 aliphatic carbocycles. The Morgan fingerprint density at radius 1 is 0.849 bits per heavy atom. The van der Waals surface area contributed by atoms with Crippen molar-refractivity contribution in [1.29, 1.82) is 0 Å². The first kappa shape index (κ1) is 50.7. The van der Waals surface area contributed by atoms with Crippen LogP contribution < -0.4 is 145 Å². The van der Waals surface area contributed by atoms with E-state index in [-0.39, 0.29) is 158 Å². The molecule has 0 unspecified atom stereocenters. The van der Waals surface area contributed by atoms with E-state index in [2.05, 4.69) is 41.9 Å². The summed E-state index contributed by atoms with van der Waals surface area (Å²) in [5, 5.41) is 47.6. The normalized spacial score (nSPS) is 10.2. The number of nitrogen functional groups attached to an aromatic ring is 1. The Bertz CT molecular complexity index is 2360. The van der Waals surface area contributed by atoms with Crippen LogP contribution in [-0.2, 0) is 20.7 Å². The molecule has 5 aromatic rings. The van der Waals surface area contributed by atoms with Crippen molar-refractivity contribution >= 4 is 95.6 Å². The molecule has 0 saturated heterocycles. The summed E-state index contributed by atoms with van der Waals surface area (Å²) in [4.78, 5) is 33.9. The van der Waals surface area contributed by atoms with E-state index >= 15 is 0 Å². The number of aromatic carboxylic acids is 2. The summed E-state index contributed by atoms with van der Waals surface area (Å²) in [7, 11) is -8.11. The van der Waals surface area contributed by atoms with E-state index in [4.69, 9.17) is 30.0 Å². The van der Waals surface area contributed by atoms with Crippen LogP contribution in [0.2, 0.25) is 5.02 Å². The maximum Gasteiger partial charge on any atom is 1.00 e. The van der Waals surface area contributed by atoms with E-state index < -0.39 is 60.4 Å². The number of phenolic OH excluding ortho intramolecular Hbond substituents is 1. The van der Waals surface area contributed by atoms with Gasteiger partial charge in [-0.05, 0) is 59.7 Å². The predicted octanol–water partition coefficient (Wildman–Crippen LogP) is -10.7. The summed E-state index contributed by atoms with van der Waals surface area (Å²) in [6.07, 6.45) is 0. The zero-order chi connectivity index (χ0) is 36.0. The summed E-state index contributed by atoms with van der Waals surface area (Å²) in [5.41, 5.74) is 4.81. The average Bonchev–Trinajstić information content (AvgIpc) is 3.00. The third kappa shape index (κ3) is 14.7. The van der Waals surface area contributed by atoms with E-state index in [0.717, 1.165) is 30.3 Å². The van der Waals surface area contributed by atoms with Gasteiger partial charge in [0.2, 0.25) is 17.8 Å². The quantitative estimate of drug-likeness (QED) is 0.0464. The number of rotatable bonds is 9. The minimum Gasteiger partial charge on any atom is -0.744 e. The molecule has 1 heterocycles. The summed E-state index contributed by atoms with van der Waals surface area (Å²) < 4.78 is 61.1. The number of aromatic hydroxyl groups is 1. The number of phenols is 1. The third-order valence-electron chi connectivity index (χ3n) is 5.91. The smallest absolute Gasteiger partial charge is 0.744 e. The van der Waals surface area contributed by atoms with Gasteiger partial charge in [-0.1, -0.05) is 23.1 Å². The standard InChI is InChI=1S/C27H18ClN8O8S.4Na.O3S/c28-15-2-4-16(5-3-15)35-36-19-6-1-12-10-18(45(42,43)44)11-20(21(12)22(19)37)31-27-33-25(29)32-26(34-27)30-17-8-13(23(38)39)7-14(9-17)24(40)41;;;;;1-4(2)3/h1-5,7-11,37H,(H,38,39)(H,40,41)(H,42,43,44)(H4,29,30,31,32,33,34);;;;;/q-1;4*+1;/p-3. The van der Waals surface area contributed by atoms with Crippen molar-refractivity contribution in [2.75, 3.05) is 16.4 Å². The van der Waals surface area contributed by atoms with E-state index in [1.807, 2.05) is 0 Å². The topological polar surface area (TPSA) is 322 Å². The van der Waals surface area contributed by atoms with Crippen molar-refractivity contribution in [3.63, 3.8) is 0 Å². The fraction of sp³-hybridized carbons (Fsp3) is 0. The average molecular weight is 819 g/mol. The molecule has 26 heteroatoms. The van der Waals surface area contributed by atoms with Crippen LogP contribution in [0.15, 0.2) is 75.8 Å². The molecule has 0 fully saturated rings. The second-order valence-corrected chi connectivity index (χ2v) is 11.4. The Hall–Kier alpha value is -2.29. The molecule has 1 aromatic heterocycles. The number of carboxylic acid groups (broad SMARTS) is 2. The number of benzene rings is 4. The van der Waals surface area contributed by atoms with E-state index in [0.29, 0.717) is 10.7 Å². The van der Waals surface area contributed by atoms with Gasteiger partial charge in [0.25, 0.3) is 0 Å². The van der Waals surface area contributed by atoms with E-state index in [9.17, 15) is 37.9 Å². The maximum absolute atomic E-state index is 11.9. The van der Waals surface area contributed by atoms with Gasteiger partial charge in [0.05, 0.1) is 17.6 Å². The Balaban J connectivity index is 0.00000322. The summed E-state index contributed by atoms with van der Waals surface area (Å²) in [6, 6.07) is 15.1. The fourth-order valence-electron chi connectivity index (χ4n) is 3.97. The van der Waals surface area contributed by atoms with Gasteiger partial charge in [0.1, 0.15) is 10.1 Å². The number of anilines is 5. The molecule has 0 spiro atoms. The molecule has 0 saturated carbocycles. The van der Waals surface area contributed by atoms with Crippen LogP contribution in [0.1, 0.15) is 20.7 Å². The van der Waals surface area contributed by atoms with Gasteiger partial charge in [0.15, 0.2) is 0 Å². The number of nitrogens with two attached hydrogens (primary N) is 1. The first-order valence-corrected chi connectivity index (χ1v) is 15.5. The Labute approximate surface area is 394 Å². The fourth-order valence-corrected chi connectivity index (χ4v) is 4.63. The molecule has 4 aromatic carbocycles. The minimum atomic E-state index is -5.00. The van der Waals surface area contributed by atoms with Crippen LogP contribution >= 0.6 is 11.6 Å². The first-order valence-electron chi connectivity index (χ1n) is 12.7. The number of nitrogens with zero attached hydrogens (tertiary/aromatic N) is 5. The third-order valence-corrected chi connectivity index (χ3v) is 6.97. The monoisotopic (exact) mass is 818 g/mol. The summed E-state index contributed by atoms with van der Waals surface area (Å²) in [5.74, 6) is -4.86. The van der Waals surface area contributed by atoms with Crippen LogP contribution in [-0.4, -0.2) is 57.6 Å². The summed E-state index contributed by atoms with van der Waals surface area (Å²) >= 11 is 5.88. The Kier molecular flexibility index (Phi) is 21.3. The molecule has 0 amide bonds. The maximum atomic E-state index is 11.9. The van der Waals surface area contributed by atoms with Crippen LogP contribution in [0, 0.1) is 6.07 Å². The number of hydrogen-bond donors (Lipinski definition) is 4. The number of fused-ring (bicyclic) bond motifs is 1. The van der Waals surface area contributed by atoms with Gasteiger partial charge in [-0.3, -0.25) is 0 Å². The molecule has 0 radical (unpaired) electrons. The second kappa shape index (κ2) is 22.3. The number of azo groups is 1. The molecule has 0 aliphatic rings. The minimum absolute atomic E-state index is 0. The van der Waals surface area contributed by atoms with Gasteiger partial charge in [-0.15, -0.1) is 18.0 Å². The van der Waals surface area contributed by atoms with Gasteiger partial charge in [-0.25, -0.2) is 8.42 Å². The van der Waals surface area contributed by atoms with Crippen LogP contribution in [0.3, 0.4) is 0 Å². The van der Waals surface area contributed by atoms with Crippen LogP contribution in [0.5, 0.6) is 5.75 Å². The van der Waals surface area contributed by atoms with Crippen molar-refractivity contribution in [2.45, 2.75) is 4.90 Å². The van der Waals surface area contributed by atoms with Crippen molar-refractivity contribution in [2.24, 2.45) is 10.2 Å². The Morgan fingerprint density at radius 3 is 1.89 bits per heavy atom. The molecule has 53 heavy (non-hydrogen) atoms. The van der Waals surface area contributed by atoms with Crippen LogP contribution in [0.4, 0.5) is 40.6 Å². The number of nitrogens with one attached hydrogen (secondary N) is 2.